The van der Waals surface area contributed by atoms with Crippen LogP contribution in [0, 0.1) is 23.2 Å². The van der Waals surface area contributed by atoms with Crippen LogP contribution in [0.5, 0.6) is 5.75 Å². The summed E-state index contributed by atoms with van der Waals surface area (Å²) in [6.45, 7) is 1.14. The number of hydrogen-bond donors (Lipinski definition) is 1. The minimum Gasteiger partial charge on any atom is -0.489 e. The van der Waals surface area contributed by atoms with E-state index in [1.165, 1.54) is 60.7 Å². The Hall–Kier alpha value is -2.96. The molecule has 1 aliphatic carbocycles. The molecular weight excluding hydrogens is 452 g/mol. The van der Waals surface area contributed by atoms with Crippen LogP contribution in [0.2, 0.25) is 0 Å². The van der Waals surface area contributed by atoms with Crippen LogP contribution in [0.4, 0.5) is 5.82 Å². The van der Waals surface area contributed by atoms with E-state index in [0.29, 0.717) is 42.5 Å². The molecule has 1 aliphatic heterocycles. The van der Waals surface area contributed by atoms with Crippen LogP contribution in [0.3, 0.4) is 0 Å². The van der Waals surface area contributed by atoms with Gasteiger partial charge in [0.2, 0.25) is 15.9 Å². The molecule has 0 bridgehead atoms. The summed E-state index contributed by atoms with van der Waals surface area (Å²) in [7, 11) is -3.66. The number of amides is 1. The van der Waals surface area contributed by atoms with Gasteiger partial charge in [-0.3, -0.25) is 4.79 Å². The van der Waals surface area contributed by atoms with Crippen LogP contribution >= 0.6 is 0 Å². The van der Waals surface area contributed by atoms with Gasteiger partial charge >= 0.3 is 0 Å². The van der Waals surface area contributed by atoms with Gasteiger partial charge in [0.25, 0.3) is 0 Å². The third kappa shape index (κ3) is 5.75. The molecule has 2 aliphatic rings. The summed E-state index contributed by atoms with van der Waals surface area (Å²) >= 11 is 0. The highest BCUT2D eigenvalue weighted by molar-refractivity contribution is 7.89. The molecule has 1 saturated carbocycles. The smallest absolute Gasteiger partial charge is 0.243 e. The number of nitriles is 1. The number of carbonyl (C=O) groups excluding carboxylic acids is 1. The predicted molar refractivity (Wildman–Crippen MR) is 128 cm³/mol. The van der Waals surface area contributed by atoms with Crippen molar-refractivity contribution in [2.45, 2.75) is 49.8 Å². The first-order chi connectivity index (χ1) is 16.5. The van der Waals surface area contributed by atoms with Crippen molar-refractivity contribution in [2.75, 3.05) is 25.0 Å². The van der Waals surface area contributed by atoms with E-state index in [4.69, 9.17) is 10.00 Å². The van der Waals surface area contributed by atoms with E-state index in [1.54, 1.807) is 12.3 Å². The van der Waals surface area contributed by atoms with Crippen molar-refractivity contribution in [3.63, 3.8) is 0 Å². The molecule has 1 N–H and O–H groups in total. The zero-order chi connectivity index (χ0) is 24.0. The van der Waals surface area contributed by atoms with Gasteiger partial charge in [0.15, 0.2) is 11.6 Å². The highest BCUT2D eigenvalue weighted by Crippen LogP contribution is 2.29. The molecule has 1 amide bonds. The van der Waals surface area contributed by atoms with Gasteiger partial charge in [-0.05, 0) is 68.0 Å². The van der Waals surface area contributed by atoms with E-state index in [0.717, 1.165) is 0 Å². The molecule has 0 unspecified atom stereocenters. The van der Waals surface area contributed by atoms with Crippen molar-refractivity contribution in [3.05, 3.63) is 48.2 Å². The van der Waals surface area contributed by atoms with Gasteiger partial charge in [-0.15, -0.1) is 0 Å². The molecule has 1 aromatic heterocycles. The summed E-state index contributed by atoms with van der Waals surface area (Å²) in [6, 6.07) is 11.5. The molecule has 0 spiro atoms. The normalized spacial score (nSPS) is 18.2. The minimum atomic E-state index is -3.66. The second-order valence-electron chi connectivity index (χ2n) is 8.97. The maximum atomic E-state index is 12.9. The van der Waals surface area contributed by atoms with Crippen LogP contribution in [0.1, 0.15) is 50.5 Å². The monoisotopic (exact) mass is 482 g/mol. The molecule has 2 fully saturated rings. The number of aromatic nitrogens is 1. The van der Waals surface area contributed by atoms with E-state index >= 15 is 0 Å². The molecule has 180 valence electrons. The van der Waals surface area contributed by atoms with Gasteiger partial charge in [-0.25, -0.2) is 13.4 Å². The van der Waals surface area contributed by atoms with E-state index in [9.17, 15) is 13.2 Å². The Kier molecular flexibility index (Phi) is 7.80. The third-order valence-electron chi connectivity index (χ3n) is 6.66. The quantitative estimate of drug-likeness (QED) is 0.639. The van der Waals surface area contributed by atoms with Gasteiger partial charge in [-0.2, -0.15) is 9.57 Å². The Balaban J connectivity index is 1.33. The van der Waals surface area contributed by atoms with Crippen molar-refractivity contribution >= 4 is 21.7 Å². The van der Waals surface area contributed by atoms with Crippen molar-refractivity contribution < 1.29 is 17.9 Å². The number of nitrogens with zero attached hydrogens (tertiary/aromatic N) is 3. The van der Waals surface area contributed by atoms with E-state index in [2.05, 4.69) is 10.3 Å². The summed E-state index contributed by atoms with van der Waals surface area (Å²) in [5, 5.41) is 11.8. The molecule has 4 rings (SSSR count). The number of nitrogens with one attached hydrogen (secondary N) is 1. The largest absolute Gasteiger partial charge is 0.489 e. The number of ether oxygens (including phenoxy) is 1. The number of sulfonamides is 1. The summed E-state index contributed by atoms with van der Waals surface area (Å²) in [5.41, 5.74) is 0.408. The zero-order valence-electron chi connectivity index (χ0n) is 19.2. The zero-order valence-corrected chi connectivity index (χ0v) is 20.0. The lowest BCUT2D eigenvalue weighted by Gasteiger charge is -2.30. The highest BCUT2D eigenvalue weighted by Gasteiger charge is 2.32. The molecule has 2 heterocycles. The van der Waals surface area contributed by atoms with Gasteiger partial charge in [0.05, 0.1) is 23.1 Å². The Morgan fingerprint density at radius 2 is 1.79 bits per heavy atom. The molecule has 0 atom stereocenters. The number of rotatable bonds is 7. The lowest BCUT2D eigenvalue weighted by Crippen LogP contribution is -2.41. The van der Waals surface area contributed by atoms with E-state index < -0.39 is 10.0 Å². The van der Waals surface area contributed by atoms with Gasteiger partial charge < -0.3 is 10.1 Å². The first kappa shape index (κ1) is 24.2. The topological polar surface area (TPSA) is 112 Å². The number of hydrogen-bond acceptors (Lipinski definition) is 6. The summed E-state index contributed by atoms with van der Waals surface area (Å²) in [6.07, 6.45) is 8.58. The Bertz CT molecular complexity index is 1130. The lowest BCUT2D eigenvalue weighted by atomic mass is 9.90. The molecule has 2 aromatic rings. The number of anilines is 1. The standard InChI is InChI=1S/C25H30N4O4S/c26-17-19-8-10-22(11-9-19)34(31,32)29-15-12-21(13-16-29)25(30)28-24-23(7-4-14-27-24)33-18-20-5-2-1-3-6-20/h4,7-11,14,20-21H,1-3,5-6,12-13,15-16,18H2,(H,27,28,30). The van der Waals surface area contributed by atoms with Crippen LogP contribution in [-0.2, 0) is 14.8 Å². The first-order valence-corrected chi connectivity index (χ1v) is 13.3. The maximum Gasteiger partial charge on any atom is 0.243 e. The molecule has 9 heteroatoms. The second kappa shape index (κ2) is 11.0. The Labute approximate surface area is 201 Å². The Morgan fingerprint density at radius 1 is 1.09 bits per heavy atom. The third-order valence-corrected chi connectivity index (χ3v) is 8.57. The van der Waals surface area contributed by atoms with Gasteiger partial charge in [0, 0.05) is 25.2 Å². The van der Waals surface area contributed by atoms with Crippen molar-refractivity contribution in [3.8, 4) is 11.8 Å². The summed E-state index contributed by atoms with van der Waals surface area (Å²) < 4.78 is 33.2. The number of pyridine rings is 1. The Morgan fingerprint density at radius 3 is 2.47 bits per heavy atom. The molecule has 34 heavy (non-hydrogen) atoms. The fourth-order valence-electron chi connectivity index (χ4n) is 4.59. The number of carbonyl (C=O) groups is 1. The number of benzene rings is 1. The minimum absolute atomic E-state index is 0.155. The molecule has 1 aromatic carbocycles. The van der Waals surface area contributed by atoms with Crippen LogP contribution in [0.25, 0.3) is 0 Å². The predicted octanol–water partition coefficient (Wildman–Crippen LogP) is 3.95. The van der Waals surface area contributed by atoms with Gasteiger partial charge in [-0.1, -0.05) is 19.3 Å². The molecule has 8 nitrogen and oxygen atoms in total. The summed E-state index contributed by atoms with van der Waals surface area (Å²) in [4.78, 5) is 17.4. The molecule has 1 saturated heterocycles. The molecule has 0 radical (unpaired) electrons. The van der Waals surface area contributed by atoms with Crippen LogP contribution < -0.4 is 10.1 Å². The molecular formula is C25H30N4O4S. The van der Waals surface area contributed by atoms with Gasteiger partial charge in [0.1, 0.15) is 0 Å². The first-order valence-electron chi connectivity index (χ1n) is 11.9. The lowest BCUT2D eigenvalue weighted by molar-refractivity contribution is -0.120. The fourth-order valence-corrected chi connectivity index (χ4v) is 6.06. The fraction of sp³-hybridized carbons (Fsp3) is 0.480. The maximum absolute atomic E-state index is 12.9. The van der Waals surface area contributed by atoms with Crippen molar-refractivity contribution in [1.29, 1.82) is 5.26 Å². The van der Waals surface area contributed by atoms with Crippen molar-refractivity contribution in [2.24, 2.45) is 11.8 Å². The van der Waals surface area contributed by atoms with Crippen LogP contribution in [0.15, 0.2) is 47.5 Å². The van der Waals surface area contributed by atoms with Crippen LogP contribution in [-0.4, -0.2) is 43.3 Å². The van der Waals surface area contributed by atoms with E-state index in [1.807, 2.05) is 12.1 Å². The van der Waals surface area contributed by atoms with Crippen molar-refractivity contribution in [1.82, 2.24) is 9.29 Å². The summed E-state index contributed by atoms with van der Waals surface area (Å²) in [5.74, 6) is 1.05. The number of piperidine rings is 1. The van der Waals surface area contributed by atoms with E-state index in [-0.39, 0.29) is 29.8 Å². The average molecular weight is 483 g/mol. The average Bonchev–Trinajstić information content (AvgIpc) is 2.89. The second-order valence-corrected chi connectivity index (χ2v) is 10.9. The SMILES string of the molecule is N#Cc1ccc(S(=O)(=O)N2CCC(C(=O)Nc3ncccc3OCC3CCCCC3)CC2)cc1. The highest BCUT2D eigenvalue weighted by atomic mass is 32.2.